The van der Waals surface area contributed by atoms with Crippen LogP contribution < -0.4 is 38.9 Å². The molecule has 0 aliphatic carbocycles. The molecule has 4 unspecified atom stereocenters. The van der Waals surface area contributed by atoms with Gasteiger partial charge in [0.15, 0.2) is 5.96 Å². The molecule has 16 nitrogen and oxygen atoms in total. The van der Waals surface area contributed by atoms with Crippen molar-refractivity contribution < 1.29 is 39.0 Å². The van der Waals surface area contributed by atoms with E-state index in [2.05, 4.69) is 33.6 Å². The van der Waals surface area contributed by atoms with E-state index in [1.807, 2.05) is 0 Å². The van der Waals surface area contributed by atoms with Crippen LogP contribution in [-0.2, 0) is 28.8 Å². The number of carbonyl (C=O) groups is 6. The predicted molar refractivity (Wildman–Crippen MR) is 130 cm³/mol. The molecule has 0 rings (SSSR count). The molecule has 0 saturated carbocycles. The summed E-state index contributed by atoms with van der Waals surface area (Å²) < 4.78 is 0. The minimum absolute atomic E-state index is 0.0120. The quantitative estimate of drug-likeness (QED) is 0.0349. The summed E-state index contributed by atoms with van der Waals surface area (Å²) in [5, 5.41) is 24.9. The normalized spacial score (nSPS) is 13.8. The highest BCUT2D eigenvalue weighted by Gasteiger charge is 2.30. The summed E-state index contributed by atoms with van der Waals surface area (Å²) in [6.07, 6.45) is -0.933. The van der Waals surface area contributed by atoms with Crippen LogP contribution in [0.2, 0.25) is 0 Å². The van der Waals surface area contributed by atoms with Gasteiger partial charge in [-0.15, -0.1) is 0 Å². The molecule has 13 N–H and O–H groups in total. The summed E-state index contributed by atoms with van der Waals surface area (Å²) in [4.78, 5) is 74.9. The third-order valence-corrected chi connectivity index (χ3v) is 5.06. The second kappa shape index (κ2) is 16.9. The van der Waals surface area contributed by atoms with Gasteiger partial charge in [0.25, 0.3) is 0 Å². The van der Waals surface area contributed by atoms with E-state index in [0.717, 1.165) is 0 Å². The van der Waals surface area contributed by atoms with Crippen LogP contribution in [0.15, 0.2) is 4.99 Å². The number of nitrogens with one attached hydrogen (secondary N) is 3. The first-order valence-electron chi connectivity index (χ1n) is 10.8. The van der Waals surface area contributed by atoms with Gasteiger partial charge in [-0.25, -0.2) is 4.79 Å². The fourth-order valence-corrected chi connectivity index (χ4v) is 2.99. The molecule has 36 heavy (non-hydrogen) atoms. The Hall–Kier alpha value is -3.60. The maximum atomic E-state index is 12.9. The van der Waals surface area contributed by atoms with Crippen molar-refractivity contribution in [2.24, 2.45) is 27.9 Å². The minimum Gasteiger partial charge on any atom is -0.481 e. The minimum atomic E-state index is -1.35. The van der Waals surface area contributed by atoms with Crippen LogP contribution in [0.1, 0.15) is 38.5 Å². The lowest BCUT2D eigenvalue weighted by atomic mass is 10.1. The summed E-state index contributed by atoms with van der Waals surface area (Å²) in [6, 6.07) is -5.21. The van der Waals surface area contributed by atoms with E-state index in [4.69, 9.17) is 33.1 Å². The summed E-state index contributed by atoms with van der Waals surface area (Å²) in [6.45, 7) is 0.108. The smallest absolute Gasteiger partial charge is 0.327 e. The standard InChI is InChI=1S/C19H34N8O8S/c20-9(3-6-14(29)30)15(31)25-11(4-5-13(21)28)17(33)26-10(2-1-7-24-19(22)23)16(32)27-12(8-36)18(34)35/h9-12,36H,1-8,20H2,(H2,21,28)(H,25,31)(H,26,33)(H,27,32)(H,29,30)(H,34,35)(H4,22,23,24). The molecule has 0 aromatic heterocycles. The Balaban J connectivity index is 5.58. The van der Waals surface area contributed by atoms with Gasteiger partial charge in [-0.1, -0.05) is 0 Å². The molecule has 0 bridgehead atoms. The average Bonchev–Trinajstić information content (AvgIpc) is 2.79. The molecule has 0 spiro atoms. The zero-order valence-corrected chi connectivity index (χ0v) is 20.4. The zero-order valence-electron chi connectivity index (χ0n) is 19.5. The largest absolute Gasteiger partial charge is 0.481 e. The van der Waals surface area contributed by atoms with Crippen molar-refractivity contribution in [1.82, 2.24) is 16.0 Å². The number of guanidine groups is 1. The molecule has 0 aromatic carbocycles. The van der Waals surface area contributed by atoms with Crippen LogP contribution in [0.4, 0.5) is 0 Å². The van der Waals surface area contributed by atoms with Crippen LogP contribution in [0.3, 0.4) is 0 Å². The molecule has 4 atom stereocenters. The first-order chi connectivity index (χ1) is 16.8. The molecule has 0 saturated heterocycles. The number of aliphatic imine (C=N–C) groups is 1. The number of rotatable bonds is 18. The number of carbonyl (C=O) groups excluding carboxylic acids is 4. The molecule has 4 amide bonds. The lowest BCUT2D eigenvalue weighted by Crippen LogP contribution is -2.57. The van der Waals surface area contributed by atoms with E-state index in [1.165, 1.54) is 0 Å². The molecule has 0 radical (unpaired) electrons. The van der Waals surface area contributed by atoms with Crippen molar-refractivity contribution >= 4 is 54.2 Å². The summed E-state index contributed by atoms with van der Waals surface area (Å²) >= 11 is 3.87. The van der Waals surface area contributed by atoms with Gasteiger partial charge in [-0.3, -0.25) is 29.0 Å². The number of primary amides is 1. The fraction of sp³-hybridized carbons (Fsp3) is 0.632. The summed E-state index contributed by atoms with van der Waals surface area (Å²) in [7, 11) is 0. The third kappa shape index (κ3) is 14.0. The van der Waals surface area contributed by atoms with Crippen molar-refractivity contribution in [3.8, 4) is 0 Å². The van der Waals surface area contributed by atoms with Crippen LogP contribution >= 0.6 is 12.6 Å². The molecule has 17 heteroatoms. The average molecular weight is 535 g/mol. The summed E-state index contributed by atoms with van der Waals surface area (Å²) in [5.41, 5.74) is 21.3. The van der Waals surface area contributed by atoms with Crippen molar-refractivity contribution in [3.05, 3.63) is 0 Å². The Labute approximate surface area is 212 Å². The number of aliphatic carboxylic acids is 2. The molecule has 0 aliphatic rings. The molecule has 0 heterocycles. The summed E-state index contributed by atoms with van der Waals surface area (Å²) in [5.74, 6) is -6.25. The molecule has 204 valence electrons. The number of hydrogen-bond donors (Lipinski definition) is 10. The van der Waals surface area contributed by atoms with Crippen molar-refractivity contribution in [3.63, 3.8) is 0 Å². The third-order valence-electron chi connectivity index (χ3n) is 4.69. The van der Waals surface area contributed by atoms with Crippen LogP contribution in [0.25, 0.3) is 0 Å². The Morgan fingerprint density at radius 2 is 1.31 bits per heavy atom. The van der Waals surface area contributed by atoms with Gasteiger partial charge < -0.3 is 49.1 Å². The van der Waals surface area contributed by atoms with Gasteiger partial charge in [-0.05, 0) is 25.7 Å². The number of amides is 4. The van der Waals surface area contributed by atoms with Gasteiger partial charge in [0.2, 0.25) is 23.6 Å². The lowest BCUT2D eigenvalue weighted by Gasteiger charge is -2.25. The lowest BCUT2D eigenvalue weighted by molar-refractivity contribution is -0.141. The van der Waals surface area contributed by atoms with Gasteiger partial charge in [0.05, 0.1) is 6.04 Å². The van der Waals surface area contributed by atoms with Crippen LogP contribution in [0.5, 0.6) is 0 Å². The van der Waals surface area contributed by atoms with E-state index in [0.29, 0.717) is 0 Å². The number of thiol groups is 1. The van der Waals surface area contributed by atoms with Gasteiger partial charge in [0, 0.05) is 25.1 Å². The Bertz CT molecular complexity index is 836. The van der Waals surface area contributed by atoms with Crippen LogP contribution in [0, 0.1) is 0 Å². The Morgan fingerprint density at radius 1 is 0.778 bits per heavy atom. The topological polar surface area (TPSA) is 295 Å². The Kier molecular flexibility index (Phi) is 15.2. The van der Waals surface area contributed by atoms with Gasteiger partial charge in [0.1, 0.15) is 18.1 Å². The number of nitrogens with zero attached hydrogens (tertiary/aromatic N) is 1. The molecule has 0 aliphatic heterocycles. The van der Waals surface area contributed by atoms with Gasteiger partial charge in [-0.2, -0.15) is 12.6 Å². The number of carboxylic acids is 2. The predicted octanol–water partition coefficient (Wildman–Crippen LogP) is -4.03. The van der Waals surface area contributed by atoms with Crippen molar-refractivity contribution in [2.75, 3.05) is 12.3 Å². The maximum absolute atomic E-state index is 12.9. The van der Waals surface area contributed by atoms with E-state index in [1.54, 1.807) is 0 Å². The number of carboxylic acid groups (broad SMARTS) is 2. The molecule has 0 aromatic rings. The van der Waals surface area contributed by atoms with Gasteiger partial charge >= 0.3 is 11.9 Å². The fourth-order valence-electron chi connectivity index (χ4n) is 2.75. The SMILES string of the molecule is NC(=O)CCC(NC(=O)C(N)CCC(=O)O)C(=O)NC(CCCN=C(N)N)C(=O)NC(CS)C(=O)O. The van der Waals surface area contributed by atoms with E-state index in [9.17, 15) is 28.8 Å². The first kappa shape index (κ1) is 32.4. The maximum Gasteiger partial charge on any atom is 0.327 e. The highest BCUT2D eigenvalue weighted by molar-refractivity contribution is 7.80. The second-order valence-corrected chi connectivity index (χ2v) is 8.06. The molecule has 0 fully saturated rings. The van der Waals surface area contributed by atoms with E-state index in [-0.39, 0.29) is 56.8 Å². The highest BCUT2D eigenvalue weighted by atomic mass is 32.1. The Morgan fingerprint density at radius 3 is 1.78 bits per heavy atom. The highest BCUT2D eigenvalue weighted by Crippen LogP contribution is 2.05. The van der Waals surface area contributed by atoms with Crippen molar-refractivity contribution in [1.29, 1.82) is 0 Å². The second-order valence-electron chi connectivity index (χ2n) is 7.70. The van der Waals surface area contributed by atoms with Crippen LogP contribution in [-0.4, -0.2) is 88.2 Å². The molecular weight excluding hydrogens is 500 g/mol. The first-order valence-corrected chi connectivity index (χ1v) is 11.5. The van der Waals surface area contributed by atoms with E-state index < -0.39 is 59.7 Å². The van der Waals surface area contributed by atoms with E-state index >= 15 is 0 Å². The number of nitrogens with two attached hydrogens (primary N) is 4. The zero-order chi connectivity index (χ0) is 27.8. The monoisotopic (exact) mass is 534 g/mol. The molecular formula is C19H34N8O8S. The number of hydrogen-bond acceptors (Lipinski definition) is 9. The van der Waals surface area contributed by atoms with Crippen molar-refractivity contribution in [2.45, 2.75) is 62.7 Å².